The Bertz CT molecular complexity index is 344. The van der Waals surface area contributed by atoms with E-state index in [1.54, 1.807) is 0 Å². The summed E-state index contributed by atoms with van der Waals surface area (Å²) in [6.07, 6.45) is 0.687. The van der Waals surface area contributed by atoms with Gasteiger partial charge in [-0.2, -0.15) is 0 Å². The fraction of sp³-hybridized carbons (Fsp3) is 0.364. The second-order valence-corrected chi connectivity index (χ2v) is 3.64. The molecule has 0 amide bonds. The molecule has 1 aromatic carbocycles. The third kappa shape index (κ3) is 1.22. The highest BCUT2D eigenvalue weighted by molar-refractivity contribution is 5.73. The predicted molar refractivity (Wildman–Crippen MR) is 49.7 cm³/mol. The zero-order chi connectivity index (χ0) is 9.42. The maximum absolute atomic E-state index is 10.9. The molecule has 0 bridgehead atoms. The standard InChI is InChI=1S/C11H12O2/c1-7-9-5-3-2-4-8(9)6-10(7)11(12)13/h2-5,7,10H,6H2,1H3,(H,12,13). The van der Waals surface area contributed by atoms with Crippen molar-refractivity contribution in [1.29, 1.82) is 0 Å². The molecule has 68 valence electrons. The SMILES string of the molecule is CC1c2ccccc2CC1C(=O)O. The van der Waals surface area contributed by atoms with E-state index >= 15 is 0 Å². The number of rotatable bonds is 1. The Morgan fingerprint density at radius 3 is 2.77 bits per heavy atom. The Morgan fingerprint density at radius 1 is 1.46 bits per heavy atom. The molecular weight excluding hydrogens is 164 g/mol. The van der Waals surface area contributed by atoms with Gasteiger partial charge in [0.05, 0.1) is 5.92 Å². The molecule has 0 radical (unpaired) electrons. The molecule has 0 aromatic heterocycles. The molecule has 2 nitrogen and oxygen atoms in total. The number of carboxylic acid groups (broad SMARTS) is 1. The summed E-state index contributed by atoms with van der Waals surface area (Å²) in [6.45, 7) is 1.99. The number of hydrogen-bond donors (Lipinski definition) is 1. The van der Waals surface area contributed by atoms with E-state index in [2.05, 4.69) is 0 Å². The van der Waals surface area contributed by atoms with Gasteiger partial charge in [0.15, 0.2) is 0 Å². The normalized spacial score (nSPS) is 25.6. The number of hydrogen-bond acceptors (Lipinski definition) is 1. The van der Waals surface area contributed by atoms with E-state index in [0.29, 0.717) is 6.42 Å². The van der Waals surface area contributed by atoms with Crippen molar-refractivity contribution in [2.45, 2.75) is 19.3 Å². The molecule has 13 heavy (non-hydrogen) atoms. The minimum atomic E-state index is -0.677. The molecule has 1 N–H and O–H groups in total. The topological polar surface area (TPSA) is 37.3 Å². The van der Waals surface area contributed by atoms with Crippen LogP contribution in [-0.4, -0.2) is 11.1 Å². The van der Waals surface area contributed by atoms with E-state index in [1.165, 1.54) is 11.1 Å². The van der Waals surface area contributed by atoms with Gasteiger partial charge in [-0.1, -0.05) is 31.2 Å². The molecule has 0 heterocycles. The van der Waals surface area contributed by atoms with Crippen LogP contribution in [0.15, 0.2) is 24.3 Å². The van der Waals surface area contributed by atoms with Crippen molar-refractivity contribution in [3.05, 3.63) is 35.4 Å². The maximum Gasteiger partial charge on any atom is 0.307 e. The fourth-order valence-electron chi connectivity index (χ4n) is 2.10. The smallest absolute Gasteiger partial charge is 0.307 e. The van der Waals surface area contributed by atoms with Crippen molar-refractivity contribution < 1.29 is 9.90 Å². The Hall–Kier alpha value is -1.31. The minimum absolute atomic E-state index is 0.161. The summed E-state index contributed by atoms with van der Waals surface area (Å²) in [5, 5.41) is 8.96. The molecule has 2 heteroatoms. The van der Waals surface area contributed by atoms with Crippen LogP contribution in [0.5, 0.6) is 0 Å². The molecule has 0 spiro atoms. The van der Waals surface area contributed by atoms with Gasteiger partial charge in [0.2, 0.25) is 0 Å². The predicted octanol–water partition coefficient (Wildman–Crippen LogP) is 2.05. The largest absolute Gasteiger partial charge is 0.481 e. The number of carbonyl (C=O) groups is 1. The van der Waals surface area contributed by atoms with Crippen molar-refractivity contribution in [3.8, 4) is 0 Å². The summed E-state index contributed by atoms with van der Waals surface area (Å²) in [5.41, 5.74) is 2.40. The van der Waals surface area contributed by atoms with Crippen molar-refractivity contribution in [1.82, 2.24) is 0 Å². The number of aliphatic carboxylic acids is 1. The van der Waals surface area contributed by atoms with E-state index in [9.17, 15) is 4.79 Å². The number of benzene rings is 1. The van der Waals surface area contributed by atoms with E-state index in [1.807, 2.05) is 31.2 Å². The number of carboxylic acids is 1. The van der Waals surface area contributed by atoms with Gasteiger partial charge in [0.1, 0.15) is 0 Å². The minimum Gasteiger partial charge on any atom is -0.481 e. The van der Waals surface area contributed by atoms with Gasteiger partial charge in [-0.05, 0) is 23.5 Å². The van der Waals surface area contributed by atoms with Crippen LogP contribution < -0.4 is 0 Å². The first kappa shape index (κ1) is 8.30. The van der Waals surface area contributed by atoms with Crippen LogP contribution in [0.1, 0.15) is 24.0 Å². The van der Waals surface area contributed by atoms with Crippen LogP contribution in [0.3, 0.4) is 0 Å². The monoisotopic (exact) mass is 176 g/mol. The van der Waals surface area contributed by atoms with Gasteiger partial charge >= 0.3 is 5.97 Å². The highest BCUT2D eigenvalue weighted by atomic mass is 16.4. The molecule has 2 atom stereocenters. The zero-order valence-corrected chi connectivity index (χ0v) is 7.53. The Labute approximate surface area is 77.2 Å². The second kappa shape index (κ2) is 2.87. The second-order valence-electron chi connectivity index (χ2n) is 3.64. The third-order valence-corrected chi connectivity index (χ3v) is 2.91. The lowest BCUT2D eigenvalue weighted by Gasteiger charge is -2.09. The van der Waals surface area contributed by atoms with Crippen LogP contribution in [0, 0.1) is 5.92 Å². The molecule has 0 saturated heterocycles. The van der Waals surface area contributed by atoms with E-state index in [0.717, 1.165) is 0 Å². The summed E-state index contributed by atoms with van der Waals surface area (Å²) < 4.78 is 0. The van der Waals surface area contributed by atoms with Gasteiger partial charge in [0, 0.05) is 0 Å². The zero-order valence-electron chi connectivity index (χ0n) is 7.53. The van der Waals surface area contributed by atoms with E-state index in [-0.39, 0.29) is 11.8 Å². The highest BCUT2D eigenvalue weighted by Crippen LogP contribution is 2.37. The molecule has 0 saturated carbocycles. The lowest BCUT2D eigenvalue weighted by atomic mass is 9.95. The van der Waals surface area contributed by atoms with Crippen molar-refractivity contribution in [2.24, 2.45) is 5.92 Å². The first-order chi connectivity index (χ1) is 6.20. The summed E-state index contributed by atoms with van der Waals surface area (Å²) in [7, 11) is 0. The summed E-state index contributed by atoms with van der Waals surface area (Å²) in [6, 6.07) is 7.99. The molecule has 0 aliphatic heterocycles. The number of fused-ring (bicyclic) bond motifs is 1. The van der Waals surface area contributed by atoms with Crippen molar-refractivity contribution in [2.75, 3.05) is 0 Å². The van der Waals surface area contributed by atoms with E-state index < -0.39 is 5.97 Å². The van der Waals surface area contributed by atoms with Gasteiger partial charge in [-0.15, -0.1) is 0 Å². The molecule has 2 rings (SSSR count). The lowest BCUT2D eigenvalue weighted by Crippen LogP contribution is -2.16. The van der Waals surface area contributed by atoms with Gasteiger partial charge in [-0.25, -0.2) is 0 Å². The average molecular weight is 176 g/mol. The lowest BCUT2D eigenvalue weighted by molar-refractivity contribution is -0.142. The quantitative estimate of drug-likeness (QED) is 0.711. The van der Waals surface area contributed by atoms with Crippen LogP contribution in [-0.2, 0) is 11.2 Å². The van der Waals surface area contributed by atoms with Gasteiger partial charge in [0.25, 0.3) is 0 Å². The first-order valence-corrected chi connectivity index (χ1v) is 4.50. The highest BCUT2D eigenvalue weighted by Gasteiger charge is 2.33. The summed E-state index contributed by atoms with van der Waals surface area (Å²) in [4.78, 5) is 10.9. The van der Waals surface area contributed by atoms with Crippen molar-refractivity contribution in [3.63, 3.8) is 0 Å². The van der Waals surface area contributed by atoms with Crippen molar-refractivity contribution >= 4 is 5.97 Å². The molecule has 1 aliphatic carbocycles. The Kier molecular flexibility index (Phi) is 1.83. The Balaban J connectivity index is 2.38. The van der Waals surface area contributed by atoms with Crippen LogP contribution in [0.25, 0.3) is 0 Å². The van der Waals surface area contributed by atoms with Crippen LogP contribution >= 0.6 is 0 Å². The molecule has 1 aromatic rings. The van der Waals surface area contributed by atoms with Gasteiger partial charge < -0.3 is 5.11 Å². The fourth-order valence-corrected chi connectivity index (χ4v) is 2.10. The van der Waals surface area contributed by atoms with E-state index in [4.69, 9.17) is 5.11 Å². The molecular formula is C11H12O2. The average Bonchev–Trinajstić information content (AvgIpc) is 2.45. The Morgan fingerprint density at radius 2 is 2.15 bits per heavy atom. The maximum atomic E-state index is 10.9. The first-order valence-electron chi connectivity index (χ1n) is 4.50. The van der Waals surface area contributed by atoms with Gasteiger partial charge in [-0.3, -0.25) is 4.79 Å². The molecule has 1 aliphatic rings. The molecule has 2 unspecified atom stereocenters. The molecule has 0 fully saturated rings. The van der Waals surface area contributed by atoms with Crippen LogP contribution in [0.4, 0.5) is 0 Å². The summed E-state index contributed by atoms with van der Waals surface area (Å²) >= 11 is 0. The van der Waals surface area contributed by atoms with Crippen LogP contribution in [0.2, 0.25) is 0 Å². The summed E-state index contributed by atoms with van der Waals surface area (Å²) in [5.74, 6) is -0.741. The third-order valence-electron chi connectivity index (χ3n) is 2.91.